The molecule has 0 bridgehead atoms. The van der Waals surface area contributed by atoms with Gasteiger partial charge in [-0.05, 0) is 62.3 Å². The van der Waals surface area contributed by atoms with Gasteiger partial charge in [0.15, 0.2) is 14.7 Å². The highest BCUT2D eigenvalue weighted by atomic mass is 32.2. The molecule has 0 saturated carbocycles. The van der Waals surface area contributed by atoms with Gasteiger partial charge in [0.25, 0.3) is 0 Å². The molecule has 0 aromatic heterocycles. The quantitative estimate of drug-likeness (QED) is 0.172. The van der Waals surface area contributed by atoms with Crippen molar-refractivity contribution >= 4 is 25.3 Å². The van der Waals surface area contributed by atoms with Crippen molar-refractivity contribution in [3.8, 4) is 0 Å². The fourth-order valence-electron chi connectivity index (χ4n) is 3.19. The fraction of sp³-hybridized carbons (Fsp3) is 0.952. The van der Waals surface area contributed by atoms with Crippen LogP contribution in [0.2, 0.25) is 0 Å². The zero-order valence-electron chi connectivity index (χ0n) is 20.7. The summed E-state index contributed by atoms with van der Waals surface area (Å²) in [5.74, 6) is 0.564. The van der Waals surface area contributed by atoms with Crippen LogP contribution < -0.4 is 0 Å². The lowest BCUT2D eigenvalue weighted by Crippen LogP contribution is -2.44. The summed E-state index contributed by atoms with van der Waals surface area (Å²) in [6.45, 7) is 21.1. The molecule has 1 unspecified atom stereocenters. The smallest absolute Gasteiger partial charge is 0.214 e. The van der Waals surface area contributed by atoms with Gasteiger partial charge in [0, 0.05) is 43.6 Å². The molecule has 180 valence electrons. The van der Waals surface area contributed by atoms with Crippen molar-refractivity contribution in [2.75, 3.05) is 39.3 Å². The second-order valence-corrected chi connectivity index (χ2v) is 10.9. The third-order valence-corrected chi connectivity index (χ3v) is 7.93. The minimum absolute atomic E-state index is 0.00264. The van der Waals surface area contributed by atoms with Crippen molar-refractivity contribution in [3.05, 3.63) is 0 Å². The van der Waals surface area contributed by atoms with Crippen LogP contribution in [0.3, 0.4) is 0 Å². The number of methoxy groups -OCH3 is 1. The molecule has 0 fully saturated rings. The highest BCUT2D eigenvalue weighted by molar-refractivity contribution is 8.13. The molecule has 0 aliphatic carbocycles. The third kappa shape index (κ3) is 11.7. The lowest BCUT2D eigenvalue weighted by Gasteiger charge is -2.45. The molecule has 0 aliphatic heterocycles. The second kappa shape index (κ2) is 16.8. The molecule has 0 radical (unpaired) electrons. The second-order valence-electron chi connectivity index (χ2n) is 8.09. The molecule has 30 heavy (non-hydrogen) atoms. The number of thioether (sulfide) groups is 1. The van der Waals surface area contributed by atoms with Crippen LogP contribution in [0.1, 0.15) is 62.3 Å². The number of hydrogen-bond donors (Lipinski definition) is 0. The average molecular weight is 469 g/mol. The number of carbonyl (C=O) groups excluding carboxylic acids is 1. The highest BCUT2D eigenvalue weighted by Gasteiger charge is 2.35. The van der Waals surface area contributed by atoms with E-state index in [1.807, 2.05) is 6.92 Å². The molecule has 0 aromatic rings. The lowest BCUT2D eigenvalue weighted by atomic mass is 10.3. The Balaban J connectivity index is 5.13. The molecule has 0 N–H and O–H groups in total. The van der Waals surface area contributed by atoms with Gasteiger partial charge < -0.3 is 18.7 Å². The molecule has 7 nitrogen and oxygen atoms in total. The van der Waals surface area contributed by atoms with Gasteiger partial charge in [-0.3, -0.25) is 4.79 Å². The van der Waals surface area contributed by atoms with Gasteiger partial charge in [0.05, 0.1) is 6.61 Å². The standard InChI is InChI=1S/C21H45N2O5PS/c1-11-26-21(27-12-13-30-20(24)14-25-10)15-28-29(22(16(2)3)17(4)5)23(18(6)7)19(8)9/h16-19,21H,11-15H2,1-10H3. The molecule has 9 heteroatoms. The maximum Gasteiger partial charge on any atom is 0.214 e. The van der Waals surface area contributed by atoms with Crippen molar-refractivity contribution < 1.29 is 23.5 Å². The summed E-state index contributed by atoms with van der Waals surface area (Å²) in [6.07, 6.45) is -0.458. The Labute approximate surface area is 190 Å². The first-order valence-corrected chi connectivity index (χ1v) is 13.1. The van der Waals surface area contributed by atoms with Crippen LogP contribution in [0, 0.1) is 0 Å². The molecular formula is C21H45N2O5PS. The Morgan fingerprint density at radius 3 is 1.80 bits per heavy atom. The summed E-state index contributed by atoms with van der Waals surface area (Å²) in [7, 11) is 0.527. The van der Waals surface area contributed by atoms with E-state index < -0.39 is 14.7 Å². The topological polar surface area (TPSA) is 60.5 Å². The van der Waals surface area contributed by atoms with E-state index in [1.165, 1.54) is 18.9 Å². The Bertz CT molecular complexity index is 419. The van der Waals surface area contributed by atoms with Crippen LogP contribution >= 0.6 is 20.2 Å². The summed E-state index contributed by atoms with van der Waals surface area (Å²) >= 11 is 1.21. The SMILES string of the molecule is CCOC(COP(N(C(C)C)C(C)C)N(C(C)C)C(C)C)OCCSC(=O)COC. The first kappa shape index (κ1) is 30.2. The zero-order chi connectivity index (χ0) is 23.3. The van der Waals surface area contributed by atoms with Crippen LogP contribution in [0.25, 0.3) is 0 Å². The van der Waals surface area contributed by atoms with Crippen LogP contribution in [0.5, 0.6) is 0 Å². The minimum atomic E-state index is -0.992. The van der Waals surface area contributed by atoms with E-state index >= 15 is 0 Å². The summed E-state index contributed by atoms with van der Waals surface area (Å²) in [5, 5.41) is 0.00264. The Morgan fingerprint density at radius 1 is 0.900 bits per heavy atom. The number of rotatable bonds is 17. The third-order valence-electron chi connectivity index (χ3n) is 4.10. The van der Waals surface area contributed by atoms with E-state index in [-0.39, 0.29) is 11.7 Å². The van der Waals surface area contributed by atoms with Crippen molar-refractivity contribution in [1.82, 2.24) is 9.34 Å². The van der Waals surface area contributed by atoms with Gasteiger partial charge in [0.1, 0.15) is 13.2 Å². The van der Waals surface area contributed by atoms with Gasteiger partial charge in [0.2, 0.25) is 5.12 Å². The normalized spacial score (nSPS) is 13.8. The lowest BCUT2D eigenvalue weighted by molar-refractivity contribution is -0.152. The molecule has 0 aromatic carbocycles. The van der Waals surface area contributed by atoms with E-state index in [0.29, 0.717) is 49.7 Å². The predicted molar refractivity (Wildman–Crippen MR) is 128 cm³/mol. The van der Waals surface area contributed by atoms with Crippen molar-refractivity contribution in [1.29, 1.82) is 0 Å². The Kier molecular flexibility index (Phi) is 16.9. The zero-order valence-corrected chi connectivity index (χ0v) is 22.4. The molecule has 0 saturated heterocycles. The van der Waals surface area contributed by atoms with Crippen LogP contribution in [-0.2, 0) is 23.5 Å². The summed E-state index contributed by atoms with van der Waals surface area (Å²) in [4.78, 5) is 11.6. The highest BCUT2D eigenvalue weighted by Crippen LogP contribution is 2.50. The first-order chi connectivity index (χ1) is 14.1. The van der Waals surface area contributed by atoms with E-state index in [4.69, 9.17) is 18.7 Å². The molecule has 0 spiro atoms. The molecular weight excluding hydrogens is 423 g/mol. The molecule has 0 amide bonds. The molecule has 0 rings (SSSR count). The number of nitrogens with zero attached hydrogens (tertiary/aromatic N) is 2. The van der Waals surface area contributed by atoms with E-state index in [2.05, 4.69) is 64.7 Å². The summed E-state index contributed by atoms with van der Waals surface area (Å²) in [5.41, 5.74) is 0. The Morgan fingerprint density at radius 2 is 1.40 bits per heavy atom. The Hall–Kier alpha value is 0.210. The summed E-state index contributed by atoms with van der Waals surface area (Å²) in [6, 6.07) is 1.41. The van der Waals surface area contributed by atoms with Gasteiger partial charge in [-0.25, -0.2) is 9.34 Å². The number of ether oxygens (including phenoxy) is 3. The first-order valence-electron chi connectivity index (χ1n) is 10.9. The van der Waals surface area contributed by atoms with Crippen LogP contribution in [-0.4, -0.2) is 84.2 Å². The number of hydrogen-bond acceptors (Lipinski definition) is 8. The predicted octanol–water partition coefficient (Wildman–Crippen LogP) is 4.75. The van der Waals surface area contributed by atoms with E-state index in [0.717, 1.165) is 0 Å². The maximum absolute atomic E-state index is 11.6. The van der Waals surface area contributed by atoms with Crippen molar-refractivity contribution in [2.45, 2.75) is 92.8 Å². The molecule has 0 aliphatic rings. The van der Waals surface area contributed by atoms with Gasteiger partial charge >= 0.3 is 0 Å². The van der Waals surface area contributed by atoms with Crippen LogP contribution in [0.15, 0.2) is 0 Å². The van der Waals surface area contributed by atoms with Crippen molar-refractivity contribution in [3.63, 3.8) is 0 Å². The van der Waals surface area contributed by atoms with Gasteiger partial charge in [-0.15, -0.1) is 0 Å². The van der Waals surface area contributed by atoms with E-state index in [9.17, 15) is 4.79 Å². The summed E-state index contributed by atoms with van der Waals surface area (Å²) < 4.78 is 27.9. The monoisotopic (exact) mass is 468 g/mol. The van der Waals surface area contributed by atoms with Gasteiger partial charge in [-0.1, -0.05) is 11.8 Å². The van der Waals surface area contributed by atoms with Crippen molar-refractivity contribution in [2.24, 2.45) is 0 Å². The average Bonchev–Trinajstić information content (AvgIpc) is 2.61. The fourth-order valence-corrected chi connectivity index (χ4v) is 6.14. The maximum atomic E-state index is 11.6. The van der Waals surface area contributed by atoms with Crippen LogP contribution in [0.4, 0.5) is 0 Å². The van der Waals surface area contributed by atoms with E-state index in [1.54, 1.807) is 0 Å². The molecule has 1 atom stereocenters. The minimum Gasteiger partial charge on any atom is -0.376 e. The number of carbonyl (C=O) groups is 1. The van der Waals surface area contributed by atoms with Gasteiger partial charge in [-0.2, -0.15) is 0 Å². The molecule has 0 heterocycles. The largest absolute Gasteiger partial charge is 0.376 e.